The fourth-order valence-electron chi connectivity index (χ4n) is 4.80. The molecule has 0 aliphatic carbocycles. The molecule has 3 aromatic rings. The Morgan fingerprint density at radius 3 is 2.59 bits per heavy atom. The van der Waals surface area contributed by atoms with Crippen molar-refractivity contribution in [3.8, 4) is 17.1 Å². The van der Waals surface area contributed by atoms with E-state index < -0.39 is 12.1 Å². The Morgan fingerprint density at radius 2 is 1.84 bits per heavy atom. The number of aliphatic hydroxyl groups is 1. The number of rotatable bonds is 9. The van der Waals surface area contributed by atoms with Gasteiger partial charge in [0.15, 0.2) is 11.6 Å². The number of carbonyl (C=O) groups is 1. The van der Waals surface area contributed by atoms with Crippen LogP contribution in [-0.4, -0.2) is 51.8 Å². The van der Waals surface area contributed by atoms with Crippen molar-refractivity contribution in [2.45, 2.75) is 51.9 Å². The van der Waals surface area contributed by atoms with Crippen LogP contribution in [0.4, 0.5) is 17.3 Å². The molecule has 9 nitrogen and oxygen atoms in total. The fourth-order valence-corrected chi connectivity index (χ4v) is 4.80. The number of nitrogens with zero attached hydrogens (tertiary/aromatic N) is 4. The number of ether oxygens (including phenoxy) is 1. The van der Waals surface area contributed by atoms with Crippen LogP contribution in [0.5, 0.6) is 6.01 Å². The van der Waals surface area contributed by atoms with E-state index in [-0.39, 0.29) is 24.1 Å². The van der Waals surface area contributed by atoms with Crippen LogP contribution < -0.4 is 20.7 Å². The van der Waals surface area contributed by atoms with Crippen LogP contribution in [0.3, 0.4) is 0 Å². The third-order valence-corrected chi connectivity index (χ3v) is 6.85. The van der Waals surface area contributed by atoms with E-state index in [9.17, 15) is 9.90 Å². The quantitative estimate of drug-likeness (QED) is 0.379. The Balaban J connectivity index is 1.35. The number of carbonyl (C=O) groups excluding carboxylic acids is 1. The Labute approximate surface area is 217 Å². The lowest BCUT2D eigenvalue weighted by Crippen LogP contribution is -2.48. The van der Waals surface area contributed by atoms with E-state index in [4.69, 9.17) is 10.5 Å². The highest BCUT2D eigenvalue weighted by Gasteiger charge is 2.35. The number of hydrogen-bond donors (Lipinski definition) is 3. The molecule has 1 amide bonds. The van der Waals surface area contributed by atoms with E-state index in [0.29, 0.717) is 12.4 Å². The molecule has 2 aliphatic rings. The van der Waals surface area contributed by atoms with Crippen molar-refractivity contribution >= 4 is 23.2 Å². The number of anilines is 3. The number of unbranched alkanes of at least 4 members (excludes halogenated alkanes) is 1. The Bertz CT molecular complexity index is 1240. The highest BCUT2D eigenvalue weighted by molar-refractivity contribution is 6.04. The van der Waals surface area contributed by atoms with Gasteiger partial charge in [0, 0.05) is 13.1 Å². The van der Waals surface area contributed by atoms with Gasteiger partial charge in [-0.05, 0) is 60.7 Å². The first kappa shape index (κ1) is 25.0. The summed E-state index contributed by atoms with van der Waals surface area (Å²) in [5.41, 5.74) is 10.9. The predicted octanol–water partition coefficient (Wildman–Crippen LogP) is 3.78. The van der Waals surface area contributed by atoms with Crippen LogP contribution in [0.2, 0.25) is 0 Å². The van der Waals surface area contributed by atoms with Gasteiger partial charge in [0.25, 0.3) is 5.91 Å². The maximum Gasteiger partial charge on any atom is 0.320 e. The molecule has 4 N–H and O–H groups in total. The van der Waals surface area contributed by atoms with Gasteiger partial charge in [0.05, 0.1) is 6.61 Å². The summed E-state index contributed by atoms with van der Waals surface area (Å²) in [6.45, 7) is 6.12. The first-order chi connectivity index (χ1) is 18.0. The topological polar surface area (TPSA) is 117 Å². The molecule has 1 saturated heterocycles. The molecule has 5 rings (SSSR count). The normalized spacial score (nSPS) is 17.5. The van der Waals surface area contributed by atoms with Crippen molar-refractivity contribution in [2.24, 2.45) is 0 Å². The summed E-state index contributed by atoms with van der Waals surface area (Å²) in [4.78, 5) is 25.1. The molecular formula is C28H34N6O3. The number of hydrogen-bond acceptors (Lipinski definition) is 8. The molecule has 194 valence electrons. The van der Waals surface area contributed by atoms with Crippen molar-refractivity contribution in [3.05, 3.63) is 59.7 Å². The van der Waals surface area contributed by atoms with E-state index >= 15 is 0 Å². The van der Waals surface area contributed by atoms with Gasteiger partial charge in [0.2, 0.25) is 6.23 Å². The molecule has 37 heavy (non-hydrogen) atoms. The second-order valence-corrected chi connectivity index (χ2v) is 9.66. The molecule has 1 unspecified atom stereocenters. The summed E-state index contributed by atoms with van der Waals surface area (Å²) >= 11 is 0. The van der Waals surface area contributed by atoms with E-state index in [2.05, 4.69) is 63.5 Å². The van der Waals surface area contributed by atoms with Gasteiger partial charge in [-0.1, -0.05) is 55.8 Å². The number of aliphatic hydroxyl groups excluding tert-OH is 1. The third-order valence-electron chi connectivity index (χ3n) is 6.85. The van der Waals surface area contributed by atoms with Gasteiger partial charge in [-0.3, -0.25) is 9.69 Å². The molecule has 9 heteroatoms. The molecule has 1 aromatic heterocycles. The number of nitrogens with one attached hydrogen (secondary N) is 1. The highest BCUT2D eigenvalue weighted by Crippen LogP contribution is 2.36. The Morgan fingerprint density at radius 1 is 1.05 bits per heavy atom. The van der Waals surface area contributed by atoms with Crippen molar-refractivity contribution in [1.82, 2.24) is 14.9 Å². The highest BCUT2D eigenvalue weighted by atomic mass is 16.5. The van der Waals surface area contributed by atoms with E-state index in [1.807, 2.05) is 12.1 Å². The van der Waals surface area contributed by atoms with Gasteiger partial charge < -0.3 is 25.8 Å². The van der Waals surface area contributed by atoms with Crippen LogP contribution in [-0.2, 0) is 17.9 Å². The molecule has 0 bridgehead atoms. The average molecular weight is 503 g/mol. The molecule has 1 atom stereocenters. The van der Waals surface area contributed by atoms with E-state index in [1.54, 1.807) is 0 Å². The fraction of sp³-hybridized carbons (Fsp3) is 0.393. The van der Waals surface area contributed by atoms with Crippen molar-refractivity contribution < 1.29 is 14.6 Å². The molecule has 1 fully saturated rings. The summed E-state index contributed by atoms with van der Waals surface area (Å²) in [6, 6.07) is 16.9. The molecule has 0 saturated carbocycles. The second kappa shape index (κ2) is 11.1. The zero-order chi connectivity index (χ0) is 25.8. The van der Waals surface area contributed by atoms with Crippen molar-refractivity contribution in [3.63, 3.8) is 0 Å². The number of nitrogen functional groups attached to an aromatic ring is 1. The Hall–Kier alpha value is -3.69. The van der Waals surface area contributed by atoms with Gasteiger partial charge in [-0.25, -0.2) is 0 Å². The van der Waals surface area contributed by atoms with Gasteiger partial charge in [0.1, 0.15) is 5.69 Å². The summed E-state index contributed by atoms with van der Waals surface area (Å²) < 4.78 is 5.64. The number of aromatic nitrogens is 2. The molecule has 0 radical (unpaired) electrons. The third kappa shape index (κ3) is 5.68. The summed E-state index contributed by atoms with van der Waals surface area (Å²) in [5.74, 6) is -0.135. The molecule has 3 heterocycles. The minimum absolute atomic E-state index is 0.103. The van der Waals surface area contributed by atoms with Gasteiger partial charge >= 0.3 is 6.01 Å². The number of fused-ring (bicyclic) bond motifs is 1. The van der Waals surface area contributed by atoms with Crippen LogP contribution in [0.25, 0.3) is 11.1 Å². The van der Waals surface area contributed by atoms with Crippen molar-refractivity contribution in [2.75, 3.05) is 35.6 Å². The summed E-state index contributed by atoms with van der Waals surface area (Å²) in [5, 5.41) is 13.3. The lowest BCUT2D eigenvalue weighted by Gasteiger charge is -2.34. The summed E-state index contributed by atoms with van der Waals surface area (Å²) in [7, 11) is 0. The molecular weight excluding hydrogens is 468 g/mol. The minimum atomic E-state index is -1.41. The lowest BCUT2D eigenvalue weighted by atomic mass is 10.0. The Kier molecular flexibility index (Phi) is 7.52. The van der Waals surface area contributed by atoms with Gasteiger partial charge in [-0.2, -0.15) is 9.97 Å². The first-order valence-corrected chi connectivity index (χ1v) is 13.0. The predicted molar refractivity (Wildman–Crippen MR) is 144 cm³/mol. The number of nitrogens with two attached hydrogens (primary N) is 1. The lowest BCUT2D eigenvalue weighted by molar-refractivity contribution is -0.124. The second-order valence-electron chi connectivity index (χ2n) is 9.66. The average Bonchev–Trinajstić information content (AvgIpc) is 3.41. The largest absolute Gasteiger partial charge is 0.463 e. The van der Waals surface area contributed by atoms with Gasteiger partial charge in [-0.15, -0.1) is 0 Å². The number of likely N-dealkylation sites (tertiary alicyclic amines) is 1. The maximum atomic E-state index is 12.5. The molecule has 2 aliphatic heterocycles. The number of amides is 1. The van der Waals surface area contributed by atoms with Crippen LogP contribution in [0.15, 0.2) is 48.5 Å². The number of benzene rings is 2. The zero-order valence-corrected chi connectivity index (χ0v) is 21.2. The SMILES string of the molecule is CCCCOc1nc(N)c2c(n1)N(Cc1ccc(-c3cccc(CN4CCCC4)c3)cc1)C(O)C(=O)N2. The van der Waals surface area contributed by atoms with Crippen LogP contribution in [0, 0.1) is 0 Å². The zero-order valence-electron chi connectivity index (χ0n) is 21.2. The molecule has 0 spiro atoms. The van der Waals surface area contributed by atoms with E-state index in [1.165, 1.54) is 42.0 Å². The summed E-state index contributed by atoms with van der Waals surface area (Å²) in [6.07, 6.45) is 2.99. The maximum absolute atomic E-state index is 12.5. The van der Waals surface area contributed by atoms with E-state index in [0.717, 1.165) is 30.5 Å². The molecule has 2 aromatic carbocycles. The minimum Gasteiger partial charge on any atom is -0.463 e. The first-order valence-electron chi connectivity index (χ1n) is 13.0. The standard InChI is InChI=1S/C28H34N6O3/c1-2-3-15-37-28-31-24(29)23-25(32-28)34(27(36)26(35)30-23)18-19-9-11-21(12-10-19)22-8-6-7-20(16-22)17-33-13-4-5-14-33/h6-12,16,27,36H,2-5,13-15,17-18H2,1H3,(H,30,35)(H2,29,31,32). The monoisotopic (exact) mass is 502 g/mol. The van der Waals surface area contributed by atoms with Crippen molar-refractivity contribution in [1.29, 1.82) is 0 Å². The van der Waals surface area contributed by atoms with Crippen LogP contribution in [0.1, 0.15) is 43.7 Å². The smallest absolute Gasteiger partial charge is 0.320 e. The van der Waals surface area contributed by atoms with Crippen LogP contribution >= 0.6 is 0 Å².